The maximum absolute atomic E-state index is 12.0. The molecule has 7 nitrogen and oxygen atoms in total. The van der Waals surface area contributed by atoms with E-state index in [9.17, 15) is 9.59 Å². The monoisotopic (exact) mass is 343 g/mol. The normalized spacial score (nSPS) is 10.0. The van der Waals surface area contributed by atoms with Crippen molar-refractivity contribution >= 4 is 17.6 Å². The van der Waals surface area contributed by atoms with Crippen LogP contribution in [0.4, 0.5) is 10.5 Å². The molecule has 0 spiro atoms. The maximum Gasteiger partial charge on any atom is 0.319 e. The average Bonchev–Trinajstić information content (AvgIpc) is 2.61. The van der Waals surface area contributed by atoms with E-state index < -0.39 is 5.91 Å². The van der Waals surface area contributed by atoms with Crippen molar-refractivity contribution in [1.29, 1.82) is 0 Å². The van der Waals surface area contributed by atoms with Gasteiger partial charge in [-0.1, -0.05) is 18.2 Å². The SMILES string of the molecule is COc1ccc(CNC(=O)Nc2ccc(CC(N)=O)cc2)cc1OC. The number of benzene rings is 2. The van der Waals surface area contributed by atoms with Crippen LogP contribution < -0.4 is 25.8 Å². The minimum atomic E-state index is -0.395. The van der Waals surface area contributed by atoms with E-state index >= 15 is 0 Å². The second-order valence-corrected chi connectivity index (χ2v) is 5.34. The van der Waals surface area contributed by atoms with Crippen LogP contribution in [0.15, 0.2) is 42.5 Å². The third kappa shape index (κ3) is 5.42. The van der Waals surface area contributed by atoms with Crippen LogP contribution in [0.5, 0.6) is 11.5 Å². The summed E-state index contributed by atoms with van der Waals surface area (Å²) in [7, 11) is 3.13. The molecule has 25 heavy (non-hydrogen) atoms. The number of anilines is 1. The molecule has 132 valence electrons. The number of hydrogen-bond donors (Lipinski definition) is 3. The van der Waals surface area contributed by atoms with Gasteiger partial charge in [0.25, 0.3) is 0 Å². The van der Waals surface area contributed by atoms with Gasteiger partial charge < -0.3 is 25.8 Å². The van der Waals surface area contributed by atoms with Crippen LogP contribution in [0.3, 0.4) is 0 Å². The lowest BCUT2D eigenvalue weighted by molar-refractivity contribution is -0.117. The van der Waals surface area contributed by atoms with Crippen molar-refractivity contribution in [3.8, 4) is 11.5 Å². The van der Waals surface area contributed by atoms with Crippen LogP contribution in [-0.4, -0.2) is 26.2 Å². The number of amides is 3. The standard InChI is InChI=1S/C18H21N3O4/c1-24-15-8-5-13(9-16(15)25-2)11-20-18(23)21-14-6-3-12(4-7-14)10-17(19)22/h3-9H,10-11H2,1-2H3,(H2,19,22)(H2,20,21,23). The number of nitrogens with one attached hydrogen (secondary N) is 2. The number of primary amides is 1. The van der Waals surface area contributed by atoms with Gasteiger partial charge in [0.2, 0.25) is 5.91 Å². The van der Waals surface area contributed by atoms with E-state index in [0.717, 1.165) is 11.1 Å². The summed E-state index contributed by atoms with van der Waals surface area (Å²) >= 11 is 0. The fourth-order valence-electron chi connectivity index (χ4n) is 2.26. The summed E-state index contributed by atoms with van der Waals surface area (Å²) in [6, 6.07) is 12.0. The van der Waals surface area contributed by atoms with Gasteiger partial charge in [-0.15, -0.1) is 0 Å². The fraction of sp³-hybridized carbons (Fsp3) is 0.222. The minimum Gasteiger partial charge on any atom is -0.493 e. The van der Waals surface area contributed by atoms with Gasteiger partial charge in [0.05, 0.1) is 20.6 Å². The molecule has 0 aliphatic rings. The van der Waals surface area contributed by atoms with Crippen molar-refractivity contribution < 1.29 is 19.1 Å². The topological polar surface area (TPSA) is 103 Å². The smallest absolute Gasteiger partial charge is 0.319 e. The largest absolute Gasteiger partial charge is 0.493 e. The highest BCUT2D eigenvalue weighted by Gasteiger charge is 2.07. The lowest BCUT2D eigenvalue weighted by Crippen LogP contribution is -2.28. The molecule has 0 unspecified atom stereocenters. The molecule has 0 radical (unpaired) electrons. The fourth-order valence-corrected chi connectivity index (χ4v) is 2.26. The van der Waals surface area contributed by atoms with Crippen LogP contribution in [-0.2, 0) is 17.8 Å². The average molecular weight is 343 g/mol. The number of carbonyl (C=O) groups is 2. The van der Waals surface area contributed by atoms with E-state index in [2.05, 4.69) is 10.6 Å². The van der Waals surface area contributed by atoms with E-state index in [0.29, 0.717) is 23.7 Å². The molecule has 2 aromatic carbocycles. The lowest BCUT2D eigenvalue weighted by atomic mass is 10.1. The minimum absolute atomic E-state index is 0.172. The molecule has 0 saturated carbocycles. The summed E-state index contributed by atoms with van der Waals surface area (Å²) in [6.45, 7) is 0.339. The van der Waals surface area contributed by atoms with Crippen molar-refractivity contribution in [2.45, 2.75) is 13.0 Å². The summed E-state index contributed by atoms with van der Waals surface area (Å²) in [5.41, 5.74) is 7.44. The van der Waals surface area contributed by atoms with Crippen LogP contribution in [0.2, 0.25) is 0 Å². The number of rotatable bonds is 7. The molecule has 2 aromatic rings. The molecule has 4 N–H and O–H groups in total. The number of urea groups is 1. The Labute approximate surface area is 146 Å². The molecule has 0 saturated heterocycles. The van der Waals surface area contributed by atoms with Gasteiger partial charge in [-0.3, -0.25) is 4.79 Å². The summed E-state index contributed by atoms with van der Waals surface area (Å²) in [6.07, 6.45) is 0.172. The number of ether oxygens (including phenoxy) is 2. The van der Waals surface area contributed by atoms with Gasteiger partial charge in [-0.25, -0.2) is 4.79 Å². The molecule has 2 rings (SSSR count). The number of hydrogen-bond acceptors (Lipinski definition) is 4. The molecular weight excluding hydrogens is 322 g/mol. The predicted molar refractivity (Wildman–Crippen MR) is 94.7 cm³/mol. The van der Waals surface area contributed by atoms with Gasteiger partial charge in [0, 0.05) is 12.2 Å². The van der Waals surface area contributed by atoms with E-state index in [1.807, 2.05) is 6.07 Å². The van der Waals surface area contributed by atoms with Crippen molar-refractivity contribution in [3.05, 3.63) is 53.6 Å². The zero-order chi connectivity index (χ0) is 18.2. The predicted octanol–water partition coefficient (Wildman–Crippen LogP) is 2.05. The Morgan fingerprint density at radius 2 is 1.60 bits per heavy atom. The highest BCUT2D eigenvalue weighted by atomic mass is 16.5. The Morgan fingerprint density at radius 1 is 0.960 bits per heavy atom. The van der Waals surface area contributed by atoms with E-state index in [4.69, 9.17) is 15.2 Å². The van der Waals surface area contributed by atoms with E-state index in [-0.39, 0.29) is 12.5 Å². The van der Waals surface area contributed by atoms with Gasteiger partial charge in [-0.05, 0) is 35.4 Å². The molecule has 0 fully saturated rings. The maximum atomic E-state index is 12.0. The second-order valence-electron chi connectivity index (χ2n) is 5.34. The third-order valence-electron chi connectivity index (χ3n) is 3.49. The molecule has 0 aliphatic heterocycles. The molecule has 3 amide bonds. The summed E-state index contributed by atoms with van der Waals surface area (Å²) in [5.74, 6) is 0.840. The zero-order valence-electron chi connectivity index (χ0n) is 14.2. The summed E-state index contributed by atoms with van der Waals surface area (Å²) in [5, 5.41) is 5.48. The molecule has 0 aliphatic carbocycles. The summed E-state index contributed by atoms with van der Waals surface area (Å²) < 4.78 is 10.4. The molecule has 0 heterocycles. The number of methoxy groups -OCH3 is 2. The molecule has 7 heteroatoms. The van der Waals surface area contributed by atoms with Crippen molar-refractivity contribution in [2.75, 3.05) is 19.5 Å². The van der Waals surface area contributed by atoms with E-state index in [1.54, 1.807) is 50.6 Å². The Hall–Kier alpha value is -3.22. The number of carbonyl (C=O) groups excluding carboxylic acids is 2. The highest BCUT2D eigenvalue weighted by molar-refractivity contribution is 5.89. The van der Waals surface area contributed by atoms with Crippen LogP contribution in [0.25, 0.3) is 0 Å². The van der Waals surface area contributed by atoms with Crippen molar-refractivity contribution in [2.24, 2.45) is 5.73 Å². The van der Waals surface area contributed by atoms with Crippen molar-refractivity contribution in [3.63, 3.8) is 0 Å². The Bertz CT molecular complexity index is 744. The first kappa shape index (κ1) is 18.1. The first-order valence-electron chi connectivity index (χ1n) is 7.65. The van der Waals surface area contributed by atoms with Crippen LogP contribution in [0, 0.1) is 0 Å². The van der Waals surface area contributed by atoms with Crippen molar-refractivity contribution in [1.82, 2.24) is 5.32 Å². The van der Waals surface area contributed by atoms with Gasteiger partial charge in [-0.2, -0.15) is 0 Å². The van der Waals surface area contributed by atoms with Gasteiger partial charge in [0.15, 0.2) is 11.5 Å². The van der Waals surface area contributed by atoms with Crippen LogP contribution >= 0.6 is 0 Å². The first-order valence-corrected chi connectivity index (χ1v) is 7.65. The Balaban J connectivity index is 1.89. The number of nitrogens with two attached hydrogens (primary N) is 1. The zero-order valence-corrected chi connectivity index (χ0v) is 14.2. The van der Waals surface area contributed by atoms with Gasteiger partial charge >= 0.3 is 6.03 Å². The first-order chi connectivity index (χ1) is 12.0. The quantitative estimate of drug-likeness (QED) is 0.716. The van der Waals surface area contributed by atoms with E-state index in [1.165, 1.54) is 0 Å². The molecule has 0 atom stereocenters. The molecule has 0 aromatic heterocycles. The second kappa shape index (κ2) is 8.58. The molecular formula is C18H21N3O4. The van der Waals surface area contributed by atoms with Crippen LogP contribution in [0.1, 0.15) is 11.1 Å². The Morgan fingerprint density at radius 3 is 2.20 bits per heavy atom. The molecule has 0 bridgehead atoms. The Kier molecular flexibility index (Phi) is 6.22. The third-order valence-corrected chi connectivity index (χ3v) is 3.49. The lowest BCUT2D eigenvalue weighted by Gasteiger charge is -2.11. The summed E-state index contributed by atoms with van der Waals surface area (Å²) in [4.78, 5) is 22.8. The highest BCUT2D eigenvalue weighted by Crippen LogP contribution is 2.27. The van der Waals surface area contributed by atoms with Gasteiger partial charge in [0.1, 0.15) is 0 Å².